The molecule has 2 amide bonds. The fourth-order valence-corrected chi connectivity index (χ4v) is 4.57. The second kappa shape index (κ2) is 9.33. The van der Waals surface area contributed by atoms with Crippen LogP contribution in [0.25, 0.3) is 6.08 Å². The van der Waals surface area contributed by atoms with Gasteiger partial charge in [0.05, 0.1) is 12.1 Å². The number of aromatic nitrogens is 1. The number of thiazole rings is 1. The molecule has 0 aliphatic carbocycles. The first-order valence-electron chi connectivity index (χ1n) is 10.2. The molecule has 2 saturated heterocycles. The van der Waals surface area contributed by atoms with Crippen molar-refractivity contribution in [2.45, 2.75) is 19.3 Å². The SMILES string of the molecule is O=C(Cc1csc(N2CCCC2=O)n1)N1CCN(C/C=C/c2ccccc2)CC1. The molecule has 0 spiro atoms. The molecule has 6 nitrogen and oxygen atoms in total. The van der Waals surface area contributed by atoms with Crippen LogP contribution in [0.15, 0.2) is 41.8 Å². The van der Waals surface area contributed by atoms with Crippen molar-refractivity contribution >= 4 is 34.4 Å². The van der Waals surface area contributed by atoms with Crippen molar-refractivity contribution in [3.63, 3.8) is 0 Å². The van der Waals surface area contributed by atoms with Crippen LogP contribution in [0, 0.1) is 0 Å². The van der Waals surface area contributed by atoms with Crippen molar-refractivity contribution in [1.82, 2.24) is 14.8 Å². The largest absolute Gasteiger partial charge is 0.340 e. The van der Waals surface area contributed by atoms with Gasteiger partial charge in [-0.2, -0.15) is 0 Å². The van der Waals surface area contributed by atoms with E-state index < -0.39 is 0 Å². The van der Waals surface area contributed by atoms with E-state index in [-0.39, 0.29) is 11.8 Å². The smallest absolute Gasteiger partial charge is 0.228 e. The van der Waals surface area contributed by atoms with Gasteiger partial charge >= 0.3 is 0 Å². The van der Waals surface area contributed by atoms with E-state index in [1.165, 1.54) is 16.9 Å². The molecule has 3 heterocycles. The zero-order valence-corrected chi connectivity index (χ0v) is 17.3. The Bertz CT molecular complexity index is 872. The van der Waals surface area contributed by atoms with Crippen LogP contribution in [0.3, 0.4) is 0 Å². The third-order valence-electron chi connectivity index (χ3n) is 5.37. The van der Waals surface area contributed by atoms with E-state index in [1.54, 1.807) is 4.90 Å². The van der Waals surface area contributed by atoms with Crippen molar-refractivity contribution in [3.8, 4) is 0 Å². The maximum Gasteiger partial charge on any atom is 0.228 e. The van der Waals surface area contributed by atoms with Crippen LogP contribution in [0.2, 0.25) is 0 Å². The second-order valence-corrected chi connectivity index (χ2v) is 8.28. The quantitative estimate of drug-likeness (QED) is 0.735. The lowest BCUT2D eigenvalue weighted by Gasteiger charge is -2.34. The van der Waals surface area contributed by atoms with Gasteiger partial charge in [-0.15, -0.1) is 11.3 Å². The lowest BCUT2D eigenvalue weighted by Crippen LogP contribution is -2.49. The third-order valence-corrected chi connectivity index (χ3v) is 6.29. The van der Waals surface area contributed by atoms with E-state index in [0.717, 1.165) is 56.5 Å². The Morgan fingerprint density at radius 3 is 2.62 bits per heavy atom. The average molecular weight is 411 g/mol. The van der Waals surface area contributed by atoms with Gasteiger partial charge < -0.3 is 4.90 Å². The maximum atomic E-state index is 12.6. The molecule has 2 aromatic rings. The molecule has 0 bridgehead atoms. The number of rotatable bonds is 6. The number of hydrogen-bond donors (Lipinski definition) is 0. The highest BCUT2D eigenvalue weighted by Gasteiger charge is 2.25. The third kappa shape index (κ3) is 5.10. The fourth-order valence-electron chi connectivity index (χ4n) is 3.70. The Balaban J connectivity index is 1.22. The standard InChI is InChI=1S/C22H26N4O2S/c27-20-9-5-11-26(20)22-23-19(17-29-22)16-21(28)25-14-12-24(13-15-25)10-4-8-18-6-2-1-3-7-18/h1-4,6-8,17H,5,9-16H2/b8-4+. The van der Waals surface area contributed by atoms with Gasteiger partial charge in [-0.1, -0.05) is 42.5 Å². The van der Waals surface area contributed by atoms with Gasteiger partial charge in [-0.3, -0.25) is 19.4 Å². The molecule has 2 aliphatic rings. The molecule has 0 radical (unpaired) electrons. The minimum Gasteiger partial charge on any atom is -0.340 e. The van der Waals surface area contributed by atoms with Gasteiger partial charge in [0.2, 0.25) is 11.8 Å². The number of piperazine rings is 1. The summed E-state index contributed by atoms with van der Waals surface area (Å²) < 4.78 is 0. The summed E-state index contributed by atoms with van der Waals surface area (Å²) in [5.74, 6) is 0.253. The Morgan fingerprint density at radius 2 is 1.90 bits per heavy atom. The van der Waals surface area contributed by atoms with Crippen LogP contribution < -0.4 is 4.90 Å². The van der Waals surface area contributed by atoms with E-state index >= 15 is 0 Å². The van der Waals surface area contributed by atoms with Crippen molar-refractivity contribution in [1.29, 1.82) is 0 Å². The number of hydrogen-bond acceptors (Lipinski definition) is 5. The van der Waals surface area contributed by atoms with Gasteiger partial charge in [-0.25, -0.2) is 4.98 Å². The predicted octanol–water partition coefficient (Wildman–Crippen LogP) is 2.67. The summed E-state index contributed by atoms with van der Waals surface area (Å²) in [4.78, 5) is 35.0. The molecule has 2 fully saturated rings. The molecule has 29 heavy (non-hydrogen) atoms. The summed E-state index contributed by atoms with van der Waals surface area (Å²) in [5, 5.41) is 2.63. The number of benzene rings is 1. The van der Waals surface area contributed by atoms with Crippen LogP contribution in [-0.2, 0) is 16.0 Å². The van der Waals surface area contributed by atoms with Crippen molar-refractivity contribution in [2.75, 3.05) is 44.2 Å². The molecule has 4 rings (SSSR count). The lowest BCUT2D eigenvalue weighted by atomic mass is 10.2. The number of anilines is 1. The van der Waals surface area contributed by atoms with Crippen molar-refractivity contribution in [2.24, 2.45) is 0 Å². The first kappa shape index (κ1) is 19.8. The van der Waals surface area contributed by atoms with E-state index in [2.05, 4.69) is 34.2 Å². The minimum absolute atomic E-state index is 0.120. The summed E-state index contributed by atoms with van der Waals surface area (Å²) in [7, 11) is 0. The second-order valence-electron chi connectivity index (χ2n) is 7.44. The van der Waals surface area contributed by atoms with Crippen LogP contribution in [0.1, 0.15) is 24.1 Å². The topological polar surface area (TPSA) is 56.8 Å². The van der Waals surface area contributed by atoms with E-state index in [9.17, 15) is 9.59 Å². The molecule has 0 saturated carbocycles. The van der Waals surface area contributed by atoms with Crippen LogP contribution in [-0.4, -0.2) is 65.9 Å². The molecule has 0 unspecified atom stereocenters. The zero-order valence-electron chi connectivity index (χ0n) is 16.5. The van der Waals surface area contributed by atoms with E-state index in [4.69, 9.17) is 0 Å². The number of nitrogens with zero attached hydrogens (tertiary/aromatic N) is 4. The highest BCUT2D eigenvalue weighted by Crippen LogP contribution is 2.25. The van der Waals surface area contributed by atoms with Gasteiger partial charge in [0, 0.05) is 51.1 Å². The molecule has 0 atom stereocenters. The summed E-state index contributed by atoms with van der Waals surface area (Å²) in [6.45, 7) is 4.90. The normalized spacial score (nSPS) is 18.1. The molecule has 1 aromatic heterocycles. The van der Waals surface area contributed by atoms with Gasteiger partial charge in [-0.05, 0) is 12.0 Å². The predicted molar refractivity (Wildman–Crippen MR) is 116 cm³/mol. The summed E-state index contributed by atoms with van der Waals surface area (Å²) in [5.41, 5.74) is 1.97. The van der Waals surface area contributed by atoms with Gasteiger partial charge in [0.1, 0.15) is 0 Å². The van der Waals surface area contributed by atoms with Gasteiger partial charge in [0.15, 0.2) is 5.13 Å². The van der Waals surface area contributed by atoms with Crippen molar-refractivity contribution in [3.05, 3.63) is 53.0 Å². The first-order chi connectivity index (χ1) is 14.2. The fraction of sp³-hybridized carbons (Fsp3) is 0.409. The molecular weight excluding hydrogens is 384 g/mol. The highest BCUT2D eigenvalue weighted by molar-refractivity contribution is 7.14. The van der Waals surface area contributed by atoms with Crippen LogP contribution in [0.5, 0.6) is 0 Å². The highest BCUT2D eigenvalue weighted by atomic mass is 32.1. The number of carbonyl (C=O) groups is 2. The number of carbonyl (C=O) groups excluding carboxylic acids is 2. The maximum absolute atomic E-state index is 12.6. The molecule has 2 aliphatic heterocycles. The van der Waals surface area contributed by atoms with E-state index in [0.29, 0.717) is 12.8 Å². The molecule has 1 aromatic carbocycles. The molecular formula is C22H26N4O2S. The van der Waals surface area contributed by atoms with E-state index in [1.807, 2.05) is 28.5 Å². The van der Waals surface area contributed by atoms with Crippen LogP contribution in [0.4, 0.5) is 5.13 Å². The summed E-state index contributed by atoms with van der Waals surface area (Å²) >= 11 is 1.45. The Labute approximate surface area is 175 Å². The summed E-state index contributed by atoms with van der Waals surface area (Å²) in [6, 6.07) is 10.3. The summed E-state index contributed by atoms with van der Waals surface area (Å²) in [6.07, 6.45) is 6.12. The Morgan fingerprint density at radius 1 is 1.10 bits per heavy atom. The monoisotopic (exact) mass is 410 g/mol. The molecule has 0 N–H and O–H groups in total. The lowest BCUT2D eigenvalue weighted by molar-refractivity contribution is -0.132. The van der Waals surface area contributed by atoms with Crippen molar-refractivity contribution < 1.29 is 9.59 Å². The first-order valence-corrected chi connectivity index (χ1v) is 11.0. The Kier molecular flexibility index (Phi) is 6.36. The zero-order chi connectivity index (χ0) is 20.1. The van der Waals surface area contributed by atoms with Gasteiger partial charge in [0.25, 0.3) is 0 Å². The minimum atomic E-state index is 0.120. The number of amides is 2. The van der Waals surface area contributed by atoms with Crippen LogP contribution >= 0.6 is 11.3 Å². The molecule has 7 heteroatoms. The Hall–Kier alpha value is -2.51. The molecule has 152 valence electrons. The average Bonchev–Trinajstić information content (AvgIpc) is 3.38.